The van der Waals surface area contributed by atoms with Crippen LogP contribution in [-0.4, -0.2) is 34.7 Å². The van der Waals surface area contributed by atoms with Crippen LogP contribution in [-0.2, 0) is 9.53 Å². The van der Waals surface area contributed by atoms with Crippen LogP contribution in [0.5, 0.6) is 0 Å². The number of nitrogens with two attached hydrogens (primary N) is 1. The standard InChI is InChI=1S/C10H15N5O3S/c1-4-18-9(17)6-7(15-14-5(2)16)12-10(11)13-8(6)19-3/h4H2,1-3H3,(H,14,16)(H3,11,12,13,15). The number of hydrogen-bond donors (Lipinski definition) is 3. The van der Waals surface area contributed by atoms with E-state index >= 15 is 0 Å². The van der Waals surface area contributed by atoms with Crippen molar-refractivity contribution >= 4 is 35.4 Å². The highest BCUT2D eigenvalue weighted by molar-refractivity contribution is 7.98. The number of thioether (sulfide) groups is 1. The maximum atomic E-state index is 11.9. The molecule has 4 N–H and O–H groups in total. The molecule has 1 aromatic rings. The predicted octanol–water partition coefficient (Wildman–Crippen LogP) is 0.420. The molecule has 8 nitrogen and oxygen atoms in total. The molecule has 0 atom stereocenters. The number of anilines is 2. The summed E-state index contributed by atoms with van der Waals surface area (Å²) >= 11 is 1.23. The summed E-state index contributed by atoms with van der Waals surface area (Å²) in [6.07, 6.45) is 1.74. The number of esters is 1. The summed E-state index contributed by atoms with van der Waals surface area (Å²) in [7, 11) is 0. The summed E-state index contributed by atoms with van der Waals surface area (Å²) < 4.78 is 4.93. The molecule has 0 bridgehead atoms. The summed E-state index contributed by atoms with van der Waals surface area (Å²) in [6.45, 7) is 3.23. The predicted molar refractivity (Wildman–Crippen MR) is 71.6 cm³/mol. The van der Waals surface area contributed by atoms with E-state index in [1.54, 1.807) is 13.2 Å². The van der Waals surface area contributed by atoms with Crippen LogP contribution in [0, 0.1) is 0 Å². The zero-order valence-corrected chi connectivity index (χ0v) is 11.6. The molecule has 0 fully saturated rings. The summed E-state index contributed by atoms with van der Waals surface area (Å²) in [5.41, 5.74) is 10.5. The Hall–Kier alpha value is -2.03. The lowest BCUT2D eigenvalue weighted by molar-refractivity contribution is -0.118. The van der Waals surface area contributed by atoms with Crippen LogP contribution >= 0.6 is 11.8 Å². The molecule has 0 aliphatic rings. The van der Waals surface area contributed by atoms with Gasteiger partial charge in [-0.2, -0.15) is 4.98 Å². The maximum Gasteiger partial charge on any atom is 0.344 e. The Morgan fingerprint density at radius 3 is 2.63 bits per heavy atom. The third kappa shape index (κ3) is 3.98. The van der Waals surface area contributed by atoms with E-state index in [-0.39, 0.29) is 29.8 Å². The van der Waals surface area contributed by atoms with Gasteiger partial charge < -0.3 is 10.5 Å². The maximum absolute atomic E-state index is 11.9. The quantitative estimate of drug-likeness (QED) is 0.308. The number of nitrogens with zero attached hydrogens (tertiary/aromatic N) is 2. The van der Waals surface area contributed by atoms with Crippen molar-refractivity contribution in [2.75, 3.05) is 24.0 Å². The number of nitrogen functional groups attached to an aromatic ring is 1. The van der Waals surface area contributed by atoms with Gasteiger partial charge in [-0.1, -0.05) is 0 Å². The lowest BCUT2D eigenvalue weighted by Gasteiger charge is -2.13. The molecular formula is C10H15N5O3S. The second kappa shape index (κ2) is 6.78. The van der Waals surface area contributed by atoms with E-state index < -0.39 is 5.97 Å². The first-order valence-corrected chi connectivity index (χ1v) is 6.63. The fourth-order valence-electron chi connectivity index (χ4n) is 1.23. The first-order valence-electron chi connectivity index (χ1n) is 5.40. The molecule has 19 heavy (non-hydrogen) atoms. The summed E-state index contributed by atoms with van der Waals surface area (Å²) in [5.74, 6) is -0.826. The van der Waals surface area contributed by atoms with E-state index in [0.29, 0.717) is 5.03 Å². The van der Waals surface area contributed by atoms with E-state index in [0.717, 1.165) is 0 Å². The molecule has 0 aromatic carbocycles. The lowest BCUT2D eigenvalue weighted by atomic mass is 10.3. The highest BCUT2D eigenvalue weighted by atomic mass is 32.2. The van der Waals surface area contributed by atoms with Crippen LogP contribution in [0.3, 0.4) is 0 Å². The van der Waals surface area contributed by atoms with Gasteiger partial charge in [0.15, 0.2) is 5.82 Å². The highest BCUT2D eigenvalue weighted by Crippen LogP contribution is 2.25. The second-order valence-corrected chi connectivity index (χ2v) is 4.14. The first-order chi connectivity index (χ1) is 8.99. The molecule has 0 unspecified atom stereocenters. The minimum Gasteiger partial charge on any atom is -0.462 e. The van der Waals surface area contributed by atoms with Crippen LogP contribution in [0.2, 0.25) is 0 Å². The van der Waals surface area contributed by atoms with E-state index in [4.69, 9.17) is 10.5 Å². The van der Waals surface area contributed by atoms with Gasteiger partial charge in [-0.3, -0.25) is 15.6 Å². The van der Waals surface area contributed by atoms with Crippen molar-refractivity contribution in [3.05, 3.63) is 5.56 Å². The number of hydrogen-bond acceptors (Lipinski definition) is 8. The molecular weight excluding hydrogens is 270 g/mol. The SMILES string of the molecule is CCOC(=O)c1c(NNC(C)=O)nc(N)nc1SC. The fraction of sp³-hybridized carbons (Fsp3) is 0.400. The number of hydrazine groups is 1. The third-order valence-electron chi connectivity index (χ3n) is 1.92. The molecule has 0 radical (unpaired) electrons. The third-order valence-corrected chi connectivity index (χ3v) is 2.61. The monoisotopic (exact) mass is 285 g/mol. The van der Waals surface area contributed by atoms with Crippen molar-refractivity contribution in [3.63, 3.8) is 0 Å². The first kappa shape index (κ1) is 15.0. The van der Waals surface area contributed by atoms with Crippen molar-refractivity contribution in [1.82, 2.24) is 15.4 Å². The molecule has 9 heteroatoms. The second-order valence-electron chi connectivity index (χ2n) is 3.34. The van der Waals surface area contributed by atoms with Crippen molar-refractivity contribution in [2.24, 2.45) is 0 Å². The van der Waals surface area contributed by atoms with Crippen molar-refractivity contribution < 1.29 is 14.3 Å². The van der Waals surface area contributed by atoms with E-state index in [9.17, 15) is 9.59 Å². The number of nitrogens with one attached hydrogen (secondary N) is 2. The van der Waals surface area contributed by atoms with Gasteiger partial charge in [0.25, 0.3) is 0 Å². The number of aromatic nitrogens is 2. The van der Waals surface area contributed by atoms with Gasteiger partial charge in [0.05, 0.1) is 6.61 Å². The Balaban J connectivity index is 3.20. The van der Waals surface area contributed by atoms with E-state index in [1.807, 2.05) is 0 Å². The summed E-state index contributed by atoms with van der Waals surface area (Å²) in [5, 5.41) is 0.374. The van der Waals surface area contributed by atoms with Crippen molar-refractivity contribution in [1.29, 1.82) is 0 Å². The van der Waals surface area contributed by atoms with Crippen LogP contribution in [0.25, 0.3) is 0 Å². The molecule has 1 aromatic heterocycles. The molecule has 0 aliphatic heterocycles. The van der Waals surface area contributed by atoms with Crippen LogP contribution in [0.1, 0.15) is 24.2 Å². The molecule has 0 saturated heterocycles. The van der Waals surface area contributed by atoms with Crippen molar-refractivity contribution in [3.8, 4) is 0 Å². The molecule has 1 rings (SSSR count). The van der Waals surface area contributed by atoms with Crippen molar-refractivity contribution in [2.45, 2.75) is 18.9 Å². The van der Waals surface area contributed by atoms with Crippen LogP contribution < -0.4 is 16.6 Å². The molecule has 0 saturated carbocycles. The Labute approximate surface area is 114 Å². The minimum atomic E-state index is -0.584. The number of amides is 1. The van der Waals surface area contributed by atoms with E-state index in [1.165, 1.54) is 18.7 Å². The van der Waals surface area contributed by atoms with Gasteiger partial charge in [0.2, 0.25) is 11.9 Å². The largest absolute Gasteiger partial charge is 0.462 e. The number of rotatable bonds is 5. The Kier molecular flexibility index (Phi) is 5.37. The van der Waals surface area contributed by atoms with Gasteiger partial charge >= 0.3 is 5.97 Å². The molecule has 1 heterocycles. The molecule has 0 spiro atoms. The Morgan fingerprint density at radius 1 is 1.42 bits per heavy atom. The Bertz CT molecular complexity index is 494. The van der Waals surface area contributed by atoms with Gasteiger partial charge in [-0.25, -0.2) is 9.78 Å². The minimum absolute atomic E-state index is 0.00903. The summed E-state index contributed by atoms with van der Waals surface area (Å²) in [6, 6.07) is 0. The topological polar surface area (TPSA) is 119 Å². The van der Waals surface area contributed by atoms with Gasteiger partial charge in [-0.05, 0) is 13.2 Å². The van der Waals surface area contributed by atoms with Gasteiger partial charge in [0.1, 0.15) is 10.6 Å². The fourth-order valence-corrected chi connectivity index (χ4v) is 1.80. The van der Waals surface area contributed by atoms with Crippen LogP contribution in [0.4, 0.5) is 11.8 Å². The normalized spacial score (nSPS) is 9.84. The summed E-state index contributed by atoms with van der Waals surface area (Å²) in [4.78, 5) is 30.6. The zero-order chi connectivity index (χ0) is 14.4. The average Bonchev–Trinajstić information content (AvgIpc) is 2.35. The number of carbonyl (C=O) groups is 2. The molecule has 104 valence electrons. The smallest absolute Gasteiger partial charge is 0.344 e. The van der Waals surface area contributed by atoms with Crippen LogP contribution in [0.15, 0.2) is 5.03 Å². The van der Waals surface area contributed by atoms with E-state index in [2.05, 4.69) is 20.8 Å². The Morgan fingerprint density at radius 2 is 2.11 bits per heavy atom. The number of carbonyl (C=O) groups excluding carboxylic acids is 2. The zero-order valence-electron chi connectivity index (χ0n) is 10.8. The number of ether oxygens (including phenoxy) is 1. The van der Waals surface area contributed by atoms with Gasteiger partial charge in [0, 0.05) is 6.92 Å². The van der Waals surface area contributed by atoms with Gasteiger partial charge in [-0.15, -0.1) is 11.8 Å². The highest BCUT2D eigenvalue weighted by Gasteiger charge is 2.21. The average molecular weight is 285 g/mol. The molecule has 0 aliphatic carbocycles. The lowest BCUT2D eigenvalue weighted by Crippen LogP contribution is -2.29. The molecule has 1 amide bonds.